The van der Waals surface area contributed by atoms with Crippen LogP contribution in [0.2, 0.25) is 0 Å². The third kappa shape index (κ3) is 2.68. The van der Waals surface area contributed by atoms with Crippen molar-refractivity contribution in [2.24, 2.45) is 7.05 Å². The Hall–Kier alpha value is -3.07. The van der Waals surface area contributed by atoms with Gasteiger partial charge in [0.2, 0.25) is 0 Å². The second kappa shape index (κ2) is 5.78. The van der Waals surface area contributed by atoms with E-state index in [0.717, 1.165) is 32.8 Å². The van der Waals surface area contributed by atoms with Gasteiger partial charge in [0, 0.05) is 18.1 Å². The quantitative estimate of drug-likeness (QED) is 0.611. The number of aromatic nitrogens is 6. The monoisotopic (exact) mass is 353 g/mol. The smallest absolute Gasteiger partial charge is 0.265 e. The lowest BCUT2D eigenvalue weighted by atomic mass is 10.1. The first kappa shape index (κ1) is 15.5. The molecule has 0 fully saturated rings. The van der Waals surface area contributed by atoms with Gasteiger partial charge >= 0.3 is 0 Å². The summed E-state index contributed by atoms with van der Waals surface area (Å²) < 4.78 is 3.39. The average molecular weight is 353 g/mol. The molecular formula is C16H15N7OS. The van der Waals surface area contributed by atoms with Gasteiger partial charge in [0.05, 0.1) is 16.3 Å². The van der Waals surface area contributed by atoms with Gasteiger partial charge in [-0.05, 0) is 54.1 Å². The van der Waals surface area contributed by atoms with Gasteiger partial charge in [-0.2, -0.15) is 5.10 Å². The van der Waals surface area contributed by atoms with Crippen LogP contribution in [-0.2, 0) is 7.05 Å². The zero-order valence-corrected chi connectivity index (χ0v) is 14.7. The summed E-state index contributed by atoms with van der Waals surface area (Å²) in [4.78, 5) is 14.2. The van der Waals surface area contributed by atoms with Gasteiger partial charge in [0.25, 0.3) is 5.91 Å². The summed E-state index contributed by atoms with van der Waals surface area (Å²) >= 11 is 1.44. The summed E-state index contributed by atoms with van der Waals surface area (Å²) in [6, 6.07) is 7.50. The minimum absolute atomic E-state index is 0.129. The Morgan fingerprint density at radius 2 is 2.08 bits per heavy atom. The van der Waals surface area contributed by atoms with Crippen molar-refractivity contribution in [2.45, 2.75) is 13.8 Å². The number of benzene rings is 1. The molecule has 3 aromatic heterocycles. The molecule has 0 aliphatic carbocycles. The van der Waals surface area contributed by atoms with E-state index in [1.165, 1.54) is 17.7 Å². The maximum absolute atomic E-state index is 12.6. The minimum Gasteiger partial charge on any atom is -0.321 e. The summed E-state index contributed by atoms with van der Waals surface area (Å²) in [6.07, 6.45) is 1.54. The maximum atomic E-state index is 12.6. The highest BCUT2D eigenvalue weighted by Gasteiger charge is 2.15. The molecule has 4 rings (SSSR count). The summed E-state index contributed by atoms with van der Waals surface area (Å²) in [6.45, 7) is 3.89. The van der Waals surface area contributed by atoms with E-state index in [4.69, 9.17) is 0 Å². The zero-order valence-electron chi connectivity index (χ0n) is 13.9. The number of tetrazole rings is 1. The van der Waals surface area contributed by atoms with Crippen LogP contribution in [0.15, 0.2) is 30.6 Å². The van der Waals surface area contributed by atoms with E-state index in [1.807, 2.05) is 45.2 Å². The molecule has 0 saturated carbocycles. The molecule has 8 nitrogen and oxygen atoms in total. The molecule has 9 heteroatoms. The van der Waals surface area contributed by atoms with Gasteiger partial charge in [-0.1, -0.05) is 0 Å². The summed E-state index contributed by atoms with van der Waals surface area (Å²) in [5, 5.41) is 19.5. The van der Waals surface area contributed by atoms with E-state index in [1.54, 1.807) is 9.36 Å². The molecule has 0 bridgehead atoms. The Balaban J connectivity index is 1.59. The molecule has 0 spiro atoms. The number of aryl methyl sites for hydroxylation is 3. The third-order valence-electron chi connectivity index (χ3n) is 3.97. The maximum Gasteiger partial charge on any atom is 0.265 e. The molecule has 0 atom stereocenters. The Morgan fingerprint density at radius 3 is 2.76 bits per heavy atom. The van der Waals surface area contributed by atoms with E-state index in [2.05, 4.69) is 25.9 Å². The van der Waals surface area contributed by atoms with Crippen LogP contribution in [0.3, 0.4) is 0 Å². The normalized spacial score (nSPS) is 11.2. The standard InChI is InChI=1S/C16H15N7OS/c1-9-6-11(4-5-13(9)23-8-17-20-21-23)18-15(24)14-7-12-10(2)19-22(3)16(12)25-14/h4-8H,1-3H3,(H,18,24). The highest BCUT2D eigenvalue weighted by atomic mass is 32.1. The van der Waals surface area contributed by atoms with E-state index < -0.39 is 0 Å². The largest absolute Gasteiger partial charge is 0.321 e. The van der Waals surface area contributed by atoms with Crippen molar-refractivity contribution in [3.05, 3.63) is 46.7 Å². The molecular weight excluding hydrogens is 338 g/mol. The zero-order chi connectivity index (χ0) is 17.6. The van der Waals surface area contributed by atoms with Crippen LogP contribution < -0.4 is 5.32 Å². The van der Waals surface area contributed by atoms with Gasteiger partial charge < -0.3 is 5.32 Å². The van der Waals surface area contributed by atoms with Crippen molar-refractivity contribution in [3.63, 3.8) is 0 Å². The summed E-state index contributed by atoms with van der Waals surface area (Å²) in [5.41, 5.74) is 3.48. The molecule has 126 valence electrons. The number of hydrogen-bond donors (Lipinski definition) is 1. The van der Waals surface area contributed by atoms with Crippen molar-refractivity contribution < 1.29 is 4.79 Å². The van der Waals surface area contributed by atoms with Gasteiger partial charge in [0.15, 0.2) is 0 Å². The van der Waals surface area contributed by atoms with Crippen molar-refractivity contribution in [1.82, 2.24) is 30.0 Å². The van der Waals surface area contributed by atoms with Crippen molar-refractivity contribution >= 4 is 33.1 Å². The minimum atomic E-state index is -0.129. The fraction of sp³-hybridized carbons (Fsp3) is 0.188. The highest BCUT2D eigenvalue weighted by molar-refractivity contribution is 7.20. The van der Waals surface area contributed by atoms with Crippen LogP contribution in [-0.4, -0.2) is 35.9 Å². The van der Waals surface area contributed by atoms with Gasteiger partial charge in [0.1, 0.15) is 11.2 Å². The number of fused-ring (bicyclic) bond motifs is 1. The van der Waals surface area contributed by atoms with E-state index in [9.17, 15) is 4.79 Å². The molecule has 0 saturated heterocycles. The number of nitrogens with zero attached hydrogens (tertiary/aromatic N) is 6. The van der Waals surface area contributed by atoms with E-state index >= 15 is 0 Å². The number of amides is 1. The van der Waals surface area contributed by atoms with Crippen molar-refractivity contribution in [1.29, 1.82) is 0 Å². The van der Waals surface area contributed by atoms with Gasteiger partial charge in [-0.3, -0.25) is 9.48 Å². The lowest BCUT2D eigenvalue weighted by molar-refractivity contribution is 0.103. The predicted octanol–water partition coefficient (Wildman–Crippen LogP) is 2.48. The van der Waals surface area contributed by atoms with Crippen LogP contribution >= 0.6 is 11.3 Å². The SMILES string of the molecule is Cc1cc(NC(=O)c2cc3c(C)nn(C)c3s2)ccc1-n1cnnn1. The molecule has 3 heterocycles. The first-order chi connectivity index (χ1) is 12.0. The fourth-order valence-corrected chi connectivity index (χ4v) is 3.79. The number of anilines is 1. The number of thiophene rings is 1. The first-order valence-electron chi connectivity index (χ1n) is 7.61. The molecule has 1 aromatic carbocycles. The van der Waals surface area contributed by atoms with Gasteiger partial charge in [-0.25, -0.2) is 4.68 Å². The molecule has 1 amide bonds. The fourth-order valence-electron chi connectivity index (χ4n) is 2.77. The Labute approximate surface area is 147 Å². The van der Waals surface area contributed by atoms with Crippen LogP contribution in [0.5, 0.6) is 0 Å². The van der Waals surface area contributed by atoms with Crippen LogP contribution in [0.25, 0.3) is 15.9 Å². The Kier molecular flexibility index (Phi) is 3.57. The second-order valence-electron chi connectivity index (χ2n) is 5.75. The topological polar surface area (TPSA) is 90.5 Å². The average Bonchev–Trinajstić information content (AvgIpc) is 3.28. The van der Waals surface area contributed by atoms with Crippen LogP contribution in [0.4, 0.5) is 5.69 Å². The van der Waals surface area contributed by atoms with E-state index in [0.29, 0.717) is 4.88 Å². The molecule has 0 radical (unpaired) electrons. The Morgan fingerprint density at radius 1 is 1.24 bits per heavy atom. The number of carbonyl (C=O) groups excluding carboxylic acids is 1. The third-order valence-corrected chi connectivity index (χ3v) is 5.17. The number of hydrogen-bond acceptors (Lipinski definition) is 6. The molecule has 4 aromatic rings. The molecule has 0 unspecified atom stereocenters. The number of nitrogens with one attached hydrogen (secondary N) is 1. The molecule has 0 aliphatic rings. The lowest BCUT2D eigenvalue weighted by Crippen LogP contribution is -2.10. The lowest BCUT2D eigenvalue weighted by Gasteiger charge is -2.08. The summed E-state index contributed by atoms with van der Waals surface area (Å²) in [5.74, 6) is -0.129. The van der Waals surface area contributed by atoms with E-state index in [-0.39, 0.29) is 5.91 Å². The first-order valence-corrected chi connectivity index (χ1v) is 8.43. The van der Waals surface area contributed by atoms with Crippen molar-refractivity contribution in [2.75, 3.05) is 5.32 Å². The van der Waals surface area contributed by atoms with Crippen LogP contribution in [0, 0.1) is 13.8 Å². The highest BCUT2D eigenvalue weighted by Crippen LogP contribution is 2.28. The van der Waals surface area contributed by atoms with Gasteiger partial charge in [-0.15, -0.1) is 16.4 Å². The van der Waals surface area contributed by atoms with Crippen molar-refractivity contribution in [3.8, 4) is 5.69 Å². The number of carbonyl (C=O) groups is 1. The van der Waals surface area contributed by atoms with Crippen LogP contribution in [0.1, 0.15) is 20.9 Å². The number of rotatable bonds is 3. The molecule has 1 N–H and O–H groups in total. The molecule has 25 heavy (non-hydrogen) atoms. The molecule has 0 aliphatic heterocycles. The predicted molar refractivity (Wildman–Crippen MR) is 95.2 cm³/mol. The Bertz CT molecular complexity index is 1040. The summed E-state index contributed by atoms with van der Waals surface area (Å²) in [7, 11) is 1.88. The second-order valence-corrected chi connectivity index (χ2v) is 6.78.